The van der Waals surface area contributed by atoms with Crippen molar-refractivity contribution in [3.8, 4) is 0 Å². The lowest BCUT2D eigenvalue weighted by Gasteiger charge is -2.30. The second kappa shape index (κ2) is 4.62. The van der Waals surface area contributed by atoms with Gasteiger partial charge in [0, 0.05) is 19.1 Å². The molecular weight excluding hydrogens is 190 g/mol. The van der Waals surface area contributed by atoms with E-state index in [9.17, 15) is 9.90 Å². The van der Waals surface area contributed by atoms with Gasteiger partial charge in [0.2, 0.25) is 0 Å². The lowest BCUT2D eigenvalue weighted by molar-refractivity contribution is -0.122. The zero-order valence-electron chi connectivity index (χ0n) is 9.48. The minimum Gasteiger partial charge on any atom is -0.396 e. The highest BCUT2D eigenvalue weighted by molar-refractivity contribution is 5.86. The highest BCUT2D eigenvalue weighted by Gasteiger charge is 2.40. The Morgan fingerprint density at radius 2 is 2.27 bits per heavy atom. The number of carbonyl (C=O) groups excluding carboxylic acids is 1. The van der Waals surface area contributed by atoms with Gasteiger partial charge in [-0.25, -0.2) is 0 Å². The van der Waals surface area contributed by atoms with Crippen LogP contribution in [0.15, 0.2) is 0 Å². The molecule has 3 atom stereocenters. The topological polar surface area (TPSA) is 40.5 Å². The molecule has 0 aromatic heterocycles. The van der Waals surface area contributed by atoms with Crippen LogP contribution in [0.5, 0.6) is 0 Å². The zero-order chi connectivity index (χ0) is 10.8. The van der Waals surface area contributed by atoms with Gasteiger partial charge in [-0.1, -0.05) is 6.92 Å². The molecule has 0 amide bonds. The van der Waals surface area contributed by atoms with Gasteiger partial charge in [0.15, 0.2) is 0 Å². The smallest absolute Gasteiger partial charge is 0.149 e. The normalized spacial score (nSPS) is 37.7. The third-order valence-electron chi connectivity index (χ3n) is 4.05. The van der Waals surface area contributed by atoms with Crippen molar-refractivity contribution in [3.63, 3.8) is 0 Å². The van der Waals surface area contributed by atoms with E-state index in [1.54, 1.807) is 0 Å². The van der Waals surface area contributed by atoms with Crippen LogP contribution in [0.3, 0.4) is 0 Å². The summed E-state index contributed by atoms with van der Waals surface area (Å²) in [7, 11) is 0. The fourth-order valence-corrected chi connectivity index (χ4v) is 3.26. The number of nitrogens with zero attached hydrogens (tertiary/aromatic N) is 1. The van der Waals surface area contributed by atoms with E-state index >= 15 is 0 Å². The van der Waals surface area contributed by atoms with Crippen molar-refractivity contribution >= 4 is 5.78 Å². The predicted molar refractivity (Wildman–Crippen MR) is 58.6 cm³/mol. The average molecular weight is 211 g/mol. The first kappa shape index (κ1) is 11.1. The number of Topliss-reactive ketones (excluding diaryl/α,β-unsaturated/α-hetero) is 1. The summed E-state index contributed by atoms with van der Waals surface area (Å²) in [5.41, 5.74) is 0. The fourth-order valence-electron chi connectivity index (χ4n) is 3.26. The molecule has 0 spiro atoms. The number of aliphatic hydroxyl groups excluding tert-OH is 1. The summed E-state index contributed by atoms with van der Waals surface area (Å²) in [4.78, 5) is 14.1. The molecule has 0 aromatic carbocycles. The maximum absolute atomic E-state index is 11.7. The van der Waals surface area contributed by atoms with E-state index in [4.69, 9.17) is 0 Å². The van der Waals surface area contributed by atoms with Crippen LogP contribution >= 0.6 is 0 Å². The van der Waals surface area contributed by atoms with Gasteiger partial charge in [-0.2, -0.15) is 0 Å². The molecule has 1 aliphatic heterocycles. The van der Waals surface area contributed by atoms with Crippen LogP contribution in [-0.4, -0.2) is 41.0 Å². The van der Waals surface area contributed by atoms with Crippen molar-refractivity contribution in [1.82, 2.24) is 4.90 Å². The van der Waals surface area contributed by atoms with Crippen molar-refractivity contribution in [2.45, 2.75) is 51.1 Å². The number of rotatable bonds is 3. The first-order valence-corrected chi connectivity index (χ1v) is 6.17. The first-order chi connectivity index (χ1) is 7.27. The highest BCUT2D eigenvalue weighted by Crippen LogP contribution is 2.32. The van der Waals surface area contributed by atoms with Gasteiger partial charge in [0.25, 0.3) is 0 Å². The van der Waals surface area contributed by atoms with Crippen LogP contribution in [0.25, 0.3) is 0 Å². The Morgan fingerprint density at radius 3 is 2.80 bits per heavy atom. The summed E-state index contributed by atoms with van der Waals surface area (Å²) in [6, 6.07) is 0.605. The van der Waals surface area contributed by atoms with Gasteiger partial charge in [-0.05, 0) is 38.1 Å². The molecule has 3 heteroatoms. The standard InChI is InChI=1S/C12H21NO2/c1-2-10-9(8-14)6-7-13(10)11-4-3-5-12(11)15/h9-11,14H,2-8H2,1H3. The molecule has 15 heavy (non-hydrogen) atoms. The van der Waals surface area contributed by atoms with Crippen molar-refractivity contribution in [2.75, 3.05) is 13.2 Å². The van der Waals surface area contributed by atoms with Crippen molar-refractivity contribution < 1.29 is 9.90 Å². The van der Waals surface area contributed by atoms with E-state index in [2.05, 4.69) is 11.8 Å². The predicted octanol–water partition coefficient (Wildman–Crippen LogP) is 1.20. The molecule has 1 heterocycles. The molecular formula is C12H21NO2. The molecule has 1 aliphatic carbocycles. The third-order valence-corrected chi connectivity index (χ3v) is 4.05. The van der Waals surface area contributed by atoms with Gasteiger partial charge in [0.05, 0.1) is 6.04 Å². The van der Waals surface area contributed by atoms with Crippen LogP contribution in [0.2, 0.25) is 0 Å². The number of hydrogen-bond acceptors (Lipinski definition) is 3. The Balaban J connectivity index is 2.05. The number of hydrogen-bond donors (Lipinski definition) is 1. The van der Waals surface area contributed by atoms with E-state index in [0.717, 1.165) is 38.6 Å². The molecule has 86 valence electrons. The molecule has 0 aromatic rings. The van der Waals surface area contributed by atoms with E-state index in [1.165, 1.54) is 0 Å². The molecule has 3 nitrogen and oxygen atoms in total. The molecule has 0 bridgehead atoms. The highest BCUT2D eigenvalue weighted by atomic mass is 16.3. The molecule has 0 radical (unpaired) electrons. The summed E-state index contributed by atoms with van der Waals surface area (Å²) in [6.45, 7) is 3.43. The Hall–Kier alpha value is -0.410. The largest absolute Gasteiger partial charge is 0.396 e. The van der Waals surface area contributed by atoms with Gasteiger partial charge < -0.3 is 5.11 Å². The Kier molecular flexibility index (Phi) is 3.42. The van der Waals surface area contributed by atoms with Crippen LogP contribution in [0.1, 0.15) is 39.0 Å². The number of carbonyl (C=O) groups is 1. The minimum atomic E-state index is 0.173. The van der Waals surface area contributed by atoms with Gasteiger partial charge in [-0.15, -0.1) is 0 Å². The van der Waals surface area contributed by atoms with Crippen LogP contribution in [0, 0.1) is 5.92 Å². The summed E-state index contributed by atoms with van der Waals surface area (Å²) in [5.74, 6) is 0.815. The van der Waals surface area contributed by atoms with Crippen molar-refractivity contribution in [1.29, 1.82) is 0 Å². The molecule has 2 fully saturated rings. The van der Waals surface area contributed by atoms with E-state index in [1.807, 2.05) is 0 Å². The second-order valence-electron chi connectivity index (χ2n) is 4.82. The number of likely N-dealkylation sites (tertiary alicyclic amines) is 1. The summed E-state index contributed by atoms with van der Waals surface area (Å²) < 4.78 is 0. The third kappa shape index (κ3) is 1.95. The second-order valence-corrected chi connectivity index (χ2v) is 4.82. The van der Waals surface area contributed by atoms with Crippen molar-refractivity contribution in [2.24, 2.45) is 5.92 Å². The Labute approximate surface area is 91.5 Å². The maximum Gasteiger partial charge on any atom is 0.149 e. The first-order valence-electron chi connectivity index (χ1n) is 6.17. The van der Waals surface area contributed by atoms with Gasteiger partial charge in [-0.3, -0.25) is 9.69 Å². The lowest BCUT2D eigenvalue weighted by atomic mass is 9.98. The van der Waals surface area contributed by atoms with Crippen LogP contribution < -0.4 is 0 Å². The quantitative estimate of drug-likeness (QED) is 0.762. The minimum absolute atomic E-state index is 0.173. The average Bonchev–Trinajstić information content (AvgIpc) is 2.82. The summed E-state index contributed by atoms with van der Waals surface area (Å²) in [6.07, 6.45) is 4.96. The number of aliphatic hydroxyl groups is 1. The van der Waals surface area contributed by atoms with E-state index in [0.29, 0.717) is 17.7 Å². The SMILES string of the molecule is CCC1C(CO)CCN1C1CCCC1=O. The van der Waals surface area contributed by atoms with Crippen LogP contribution in [-0.2, 0) is 4.79 Å². The van der Waals surface area contributed by atoms with Crippen molar-refractivity contribution in [3.05, 3.63) is 0 Å². The maximum atomic E-state index is 11.7. The summed E-state index contributed by atoms with van der Waals surface area (Å²) >= 11 is 0. The molecule has 2 aliphatic rings. The van der Waals surface area contributed by atoms with E-state index in [-0.39, 0.29) is 12.6 Å². The van der Waals surface area contributed by atoms with Gasteiger partial charge in [0.1, 0.15) is 5.78 Å². The number of ketones is 1. The molecule has 1 saturated carbocycles. The molecule has 1 N–H and O–H groups in total. The summed E-state index contributed by atoms with van der Waals surface area (Å²) in [5, 5.41) is 9.28. The Bertz CT molecular complexity index is 242. The molecule has 1 saturated heterocycles. The molecule has 3 unspecified atom stereocenters. The van der Waals surface area contributed by atoms with Gasteiger partial charge >= 0.3 is 0 Å². The van der Waals surface area contributed by atoms with E-state index < -0.39 is 0 Å². The molecule has 2 rings (SSSR count). The Morgan fingerprint density at radius 1 is 1.47 bits per heavy atom. The monoisotopic (exact) mass is 211 g/mol. The lowest BCUT2D eigenvalue weighted by Crippen LogP contribution is -2.43. The zero-order valence-corrected chi connectivity index (χ0v) is 9.48. The van der Waals surface area contributed by atoms with Crippen LogP contribution in [0.4, 0.5) is 0 Å². The fraction of sp³-hybridized carbons (Fsp3) is 0.917.